The minimum absolute atomic E-state index is 0.237. The summed E-state index contributed by atoms with van der Waals surface area (Å²) in [5.41, 5.74) is 1.55. The van der Waals surface area contributed by atoms with Crippen LogP contribution in [0.4, 0.5) is 0 Å². The highest BCUT2D eigenvalue weighted by Crippen LogP contribution is 2.05. The second-order valence-electron chi connectivity index (χ2n) is 6.25. The third-order valence-electron chi connectivity index (χ3n) is 3.92. The van der Waals surface area contributed by atoms with Crippen LogP contribution in [0.2, 0.25) is 0 Å². The molecule has 0 fully saturated rings. The molecule has 9 nitrogen and oxygen atoms in total. The van der Waals surface area contributed by atoms with E-state index in [-0.39, 0.29) is 25.3 Å². The molecule has 9 heteroatoms. The van der Waals surface area contributed by atoms with Crippen molar-refractivity contribution in [2.24, 2.45) is 0 Å². The van der Waals surface area contributed by atoms with Crippen molar-refractivity contribution in [2.75, 3.05) is 6.54 Å². The second kappa shape index (κ2) is 10.6. The molecule has 0 aliphatic heterocycles. The van der Waals surface area contributed by atoms with Gasteiger partial charge in [-0.05, 0) is 5.56 Å². The molecule has 0 saturated carbocycles. The molecule has 0 saturated heterocycles. The van der Waals surface area contributed by atoms with Crippen LogP contribution in [0.25, 0.3) is 0 Å². The molecule has 2 rings (SSSR count). The number of nitrogens with zero attached hydrogens (tertiary/aromatic N) is 1. The molecule has 0 radical (unpaired) electrons. The number of H-pyrrole nitrogens is 1. The molecule has 0 aliphatic carbocycles. The number of amides is 3. The summed E-state index contributed by atoms with van der Waals surface area (Å²) < 4.78 is 0. The van der Waals surface area contributed by atoms with Gasteiger partial charge in [-0.15, -0.1) is 0 Å². The van der Waals surface area contributed by atoms with E-state index in [1.54, 1.807) is 6.20 Å². The van der Waals surface area contributed by atoms with Crippen molar-refractivity contribution in [3.8, 4) is 0 Å². The third-order valence-corrected chi connectivity index (χ3v) is 3.92. The molecule has 1 heterocycles. The molecule has 1 aromatic heterocycles. The highest BCUT2D eigenvalue weighted by molar-refractivity contribution is 5.91. The summed E-state index contributed by atoms with van der Waals surface area (Å²) in [6.45, 7) is 1.06. The predicted octanol–water partition coefficient (Wildman–Crippen LogP) is -0.500. The van der Waals surface area contributed by atoms with Crippen LogP contribution in [0.1, 0.15) is 18.2 Å². The fourth-order valence-corrected chi connectivity index (χ4v) is 2.56. The fourth-order valence-electron chi connectivity index (χ4n) is 2.56. The van der Waals surface area contributed by atoms with Crippen molar-refractivity contribution in [1.29, 1.82) is 0 Å². The molecular formula is C19H23N5O4. The Morgan fingerprint density at radius 3 is 2.50 bits per heavy atom. The Morgan fingerprint density at radius 2 is 1.89 bits per heavy atom. The molecule has 28 heavy (non-hydrogen) atoms. The number of imidazole rings is 1. The van der Waals surface area contributed by atoms with Gasteiger partial charge in [0, 0.05) is 31.7 Å². The van der Waals surface area contributed by atoms with Gasteiger partial charge in [-0.2, -0.15) is 0 Å². The number of aromatic amines is 1. The summed E-state index contributed by atoms with van der Waals surface area (Å²) in [4.78, 5) is 53.9. The van der Waals surface area contributed by atoms with Crippen LogP contribution in [-0.2, 0) is 32.0 Å². The molecule has 0 aliphatic rings. The lowest BCUT2D eigenvalue weighted by Crippen LogP contribution is -2.53. The predicted molar refractivity (Wildman–Crippen MR) is 101 cm³/mol. The highest BCUT2D eigenvalue weighted by atomic mass is 16.2. The molecular weight excluding hydrogens is 362 g/mol. The van der Waals surface area contributed by atoms with Gasteiger partial charge in [-0.25, -0.2) is 4.98 Å². The Labute approximate surface area is 162 Å². The van der Waals surface area contributed by atoms with Crippen molar-refractivity contribution >= 4 is 24.0 Å². The molecule has 0 bridgehead atoms. The largest absolute Gasteiger partial charge is 0.348 e. The minimum atomic E-state index is -0.895. The van der Waals surface area contributed by atoms with Gasteiger partial charge >= 0.3 is 0 Å². The third kappa shape index (κ3) is 7.02. The van der Waals surface area contributed by atoms with Crippen molar-refractivity contribution < 1.29 is 19.2 Å². The van der Waals surface area contributed by atoms with Crippen LogP contribution < -0.4 is 16.0 Å². The van der Waals surface area contributed by atoms with E-state index in [0.717, 1.165) is 5.56 Å². The molecule has 148 valence electrons. The summed E-state index contributed by atoms with van der Waals surface area (Å²) in [6, 6.07) is 7.52. The van der Waals surface area contributed by atoms with Crippen LogP contribution in [-0.4, -0.2) is 52.6 Å². The van der Waals surface area contributed by atoms with Crippen molar-refractivity contribution in [2.45, 2.75) is 31.8 Å². The Kier molecular flexibility index (Phi) is 7.89. The van der Waals surface area contributed by atoms with Crippen molar-refractivity contribution in [3.63, 3.8) is 0 Å². The Bertz CT molecular complexity index is 792. The SMILES string of the molecule is CC(=O)NCC(=O)N[C@@H](Cc1ccccc1)C(=O)N[C@H](C=O)Cc1cnc[nH]1. The lowest BCUT2D eigenvalue weighted by atomic mass is 10.0. The van der Waals surface area contributed by atoms with Gasteiger partial charge in [0.25, 0.3) is 0 Å². The lowest BCUT2D eigenvalue weighted by molar-refractivity contribution is -0.130. The number of benzene rings is 1. The standard InChI is InChI=1S/C19H23N5O4/c1-13(26)21-10-18(27)24-17(7-14-5-3-2-4-6-14)19(28)23-16(11-25)8-15-9-20-12-22-15/h2-6,9,11-12,16-17H,7-8,10H2,1H3,(H,20,22)(H,21,26)(H,23,28)(H,24,27)/t16-,17-/m0/s1. The average molecular weight is 385 g/mol. The van der Waals surface area contributed by atoms with Gasteiger partial charge in [-0.3, -0.25) is 14.4 Å². The first-order valence-corrected chi connectivity index (χ1v) is 8.78. The first kappa shape index (κ1) is 20.8. The summed E-state index contributed by atoms with van der Waals surface area (Å²) in [5.74, 6) is -1.33. The van der Waals surface area contributed by atoms with E-state index in [4.69, 9.17) is 0 Å². The zero-order chi connectivity index (χ0) is 20.4. The molecule has 1 aromatic carbocycles. The number of carbonyl (C=O) groups is 4. The number of aldehydes is 1. The number of hydrogen-bond acceptors (Lipinski definition) is 5. The van der Waals surface area contributed by atoms with E-state index in [2.05, 4.69) is 25.9 Å². The first-order valence-electron chi connectivity index (χ1n) is 8.78. The number of rotatable bonds is 10. The van der Waals surface area contributed by atoms with Crippen LogP contribution >= 0.6 is 0 Å². The van der Waals surface area contributed by atoms with E-state index in [1.165, 1.54) is 13.3 Å². The molecule has 0 spiro atoms. The molecule has 2 atom stereocenters. The van der Waals surface area contributed by atoms with E-state index in [1.807, 2.05) is 30.3 Å². The van der Waals surface area contributed by atoms with Crippen LogP contribution in [0.3, 0.4) is 0 Å². The number of carbonyl (C=O) groups excluding carboxylic acids is 4. The van der Waals surface area contributed by atoms with E-state index >= 15 is 0 Å². The Morgan fingerprint density at radius 1 is 1.14 bits per heavy atom. The van der Waals surface area contributed by atoms with Gasteiger partial charge in [0.1, 0.15) is 12.3 Å². The number of hydrogen-bond donors (Lipinski definition) is 4. The maximum Gasteiger partial charge on any atom is 0.243 e. The van der Waals surface area contributed by atoms with Gasteiger partial charge in [0.2, 0.25) is 17.7 Å². The molecule has 0 unspecified atom stereocenters. The van der Waals surface area contributed by atoms with E-state index in [0.29, 0.717) is 12.0 Å². The Hall–Kier alpha value is -3.49. The topological polar surface area (TPSA) is 133 Å². The summed E-state index contributed by atoms with van der Waals surface area (Å²) in [5, 5.41) is 7.63. The van der Waals surface area contributed by atoms with Crippen LogP contribution in [0.15, 0.2) is 42.9 Å². The van der Waals surface area contributed by atoms with Gasteiger partial charge in [0.15, 0.2) is 0 Å². The molecule has 3 amide bonds. The molecule has 4 N–H and O–H groups in total. The van der Waals surface area contributed by atoms with Crippen molar-refractivity contribution in [1.82, 2.24) is 25.9 Å². The second-order valence-corrected chi connectivity index (χ2v) is 6.25. The summed E-state index contributed by atoms with van der Waals surface area (Å²) >= 11 is 0. The normalized spacial score (nSPS) is 12.5. The zero-order valence-corrected chi connectivity index (χ0v) is 15.5. The fraction of sp³-hybridized carbons (Fsp3) is 0.316. The van der Waals surface area contributed by atoms with E-state index < -0.39 is 23.9 Å². The summed E-state index contributed by atoms with van der Waals surface area (Å²) in [7, 11) is 0. The first-order chi connectivity index (χ1) is 13.5. The van der Waals surface area contributed by atoms with Gasteiger partial charge in [-0.1, -0.05) is 30.3 Å². The Balaban J connectivity index is 2.04. The monoisotopic (exact) mass is 385 g/mol. The minimum Gasteiger partial charge on any atom is -0.348 e. The maximum absolute atomic E-state index is 12.7. The maximum atomic E-state index is 12.7. The quantitative estimate of drug-likeness (QED) is 0.409. The summed E-state index contributed by atoms with van der Waals surface area (Å²) in [6.07, 6.45) is 4.19. The van der Waals surface area contributed by atoms with Crippen LogP contribution in [0, 0.1) is 0 Å². The van der Waals surface area contributed by atoms with Gasteiger partial charge < -0.3 is 25.7 Å². The van der Waals surface area contributed by atoms with E-state index in [9.17, 15) is 19.2 Å². The van der Waals surface area contributed by atoms with Gasteiger partial charge in [0.05, 0.1) is 18.9 Å². The van der Waals surface area contributed by atoms with Crippen molar-refractivity contribution in [3.05, 3.63) is 54.1 Å². The average Bonchev–Trinajstić information content (AvgIpc) is 3.19. The molecule has 2 aromatic rings. The highest BCUT2D eigenvalue weighted by Gasteiger charge is 2.24. The van der Waals surface area contributed by atoms with Crippen LogP contribution in [0.5, 0.6) is 0 Å². The number of nitrogens with one attached hydrogen (secondary N) is 4. The lowest BCUT2D eigenvalue weighted by Gasteiger charge is -2.21. The number of aromatic nitrogens is 2. The zero-order valence-electron chi connectivity index (χ0n) is 15.5. The smallest absolute Gasteiger partial charge is 0.243 e.